The van der Waals surface area contributed by atoms with Crippen molar-refractivity contribution in [1.29, 1.82) is 0 Å². The molecule has 6 heteroatoms. The molecule has 0 aliphatic heterocycles. The Balaban J connectivity index is 1.81. The maximum Gasteiger partial charge on any atom is 0.238 e. The lowest BCUT2D eigenvalue weighted by atomic mass is 10.3. The second-order valence-electron chi connectivity index (χ2n) is 4.64. The monoisotopic (exact) mass is 286 g/mol. The highest BCUT2D eigenvalue weighted by Gasteiger charge is 2.41. The second-order valence-corrected chi connectivity index (χ2v) is 5.91. The molecule has 1 amide bonds. The summed E-state index contributed by atoms with van der Waals surface area (Å²) in [5, 5.41) is 5.27. The summed E-state index contributed by atoms with van der Waals surface area (Å²) in [5.74, 6) is -1.98. The first-order chi connectivity index (χ1) is 9.06. The van der Waals surface area contributed by atoms with Gasteiger partial charge in [-0.2, -0.15) is 11.8 Å². The van der Waals surface area contributed by atoms with Gasteiger partial charge in [-0.1, -0.05) is 6.07 Å². The third-order valence-corrected chi connectivity index (χ3v) is 4.62. The quantitative estimate of drug-likeness (QED) is 0.843. The van der Waals surface area contributed by atoms with Crippen molar-refractivity contribution in [3.8, 4) is 0 Å². The fourth-order valence-corrected chi connectivity index (χ4v) is 2.55. The minimum Gasteiger partial charge on any atom is -0.320 e. The van der Waals surface area contributed by atoms with Gasteiger partial charge in [0.15, 0.2) is 0 Å². The highest BCUT2D eigenvalue weighted by atomic mass is 32.2. The van der Waals surface area contributed by atoms with Crippen LogP contribution in [0.25, 0.3) is 0 Å². The molecule has 0 saturated heterocycles. The molecule has 0 unspecified atom stereocenters. The standard InChI is InChI=1S/C13H16F2N2OS/c1-19-13(5-6-13)8-16-7-11(18)17-12-9(14)3-2-4-10(12)15/h2-4,16H,5-8H2,1H3,(H,17,18). The maximum atomic E-state index is 13.3. The molecule has 1 saturated carbocycles. The van der Waals surface area contributed by atoms with Crippen LogP contribution >= 0.6 is 11.8 Å². The van der Waals surface area contributed by atoms with Crippen molar-refractivity contribution in [2.24, 2.45) is 0 Å². The summed E-state index contributed by atoms with van der Waals surface area (Å²) in [4.78, 5) is 11.6. The summed E-state index contributed by atoms with van der Waals surface area (Å²) < 4.78 is 26.9. The van der Waals surface area contributed by atoms with E-state index in [-0.39, 0.29) is 17.0 Å². The number of thioether (sulfide) groups is 1. The van der Waals surface area contributed by atoms with Crippen LogP contribution < -0.4 is 10.6 Å². The van der Waals surface area contributed by atoms with Crippen molar-refractivity contribution >= 4 is 23.4 Å². The number of benzene rings is 1. The van der Waals surface area contributed by atoms with Crippen LogP contribution in [0.2, 0.25) is 0 Å². The van der Waals surface area contributed by atoms with Crippen LogP contribution in [0.1, 0.15) is 12.8 Å². The van der Waals surface area contributed by atoms with E-state index in [1.54, 1.807) is 11.8 Å². The molecule has 19 heavy (non-hydrogen) atoms. The SMILES string of the molecule is CSC1(CNCC(=O)Nc2c(F)cccc2F)CC1. The zero-order valence-corrected chi connectivity index (χ0v) is 11.4. The fraction of sp³-hybridized carbons (Fsp3) is 0.462. The molecule has 0 atom stereocenters. The summed E-state index contributed by atoms with van der Waals surface area (Å²) >= 11 is 1.78. The molecule has 0 bridgehead atoms. The molecule has 2 rings (SSSR count). The first-order valence-electron chi connectivity index (χ1n) is 6.06. The predicted molar refractivity (Wildman–Crippen MR) is 73.3 cm³/mol. The van der Waals surface area contributed by atoms with Gasteiger partial charge in [0.1, 0.15) is 17.3 Å². The number of anilines is 1. The third kappa shape index (κ3) is 3.67. The van der Waals surface area contributed by atoms with Crippen molar-refractivity contribution in [2.45, 2.75) is 17.6 Å². The number of carbonyl (C=O) groups excluding carboxylic acids is 1. The highest BCUT2D eigenvalue weighted by Crippen LogP contribution is 2.46. The summed E-state index contributed by atoms with van der Waals surface area (Å²) in [6.45, 7) is 0.789. The van der Waals surface area contributed by atoms with Gasteiger partial charge in [-0.05, 0) is 31.2 Å². The van der Waals surface area contributed by atoms with Crippen LogP contribution in [-0.2, 0) is 4.79 Å². The number of para-hydroxylation sites is 1. The Hall–Kier alpha value is -1.14. The topological polar surface area (TPSA) is 41.1 Å². The van der Waals surface area contributed by atoms with Gasteiger partial charge >= 0.3 is 0 Å². The Morgan fingerprint density at radius 3 is 2.53 bits per heavy atom. The van der Waals surface area contributed by atoms with E-state index in [1.165, 1.54) is 6.07 Å². The Labute approximate surface area is 115 Å². The van der Waals surface area contributed by atoms with E-state index in [0.717, 1.165) is 31.5 Å². The largest absolute Gasteiger partial charge is 0.320 e. The van der Waals surface area contributed by atoms with Crippen molar-refractivity contribution in [3.05, 3.63) is 29.8 Å². The van der Waals surface area contributed by atoms with E-state index < -0.39 is 17.5 Å². The van der Waals surface area contributed by atoms with E-state index in [0.29, 0.717) is 0 Å². The van der Waals surface area contributed by atoms with Crippen molar-refractivity contribution < 1.29 is 13.6 Å². The molecule has 0 radical (unpaired) electrons. The number of hydrogen-bond acceptors (Lipinski definition) is 3. The molecule has 0 spiro atoms. The summed E-state index contributed by atoms with van der Waals surface area (Å²) in [7, 11) is 0. The molecule has 0 aromatic heterocycles. The molecule has 1 aliphatic carbocycles. The maximum absolute atomic E-state index is 13.3. The van der Waals surface area contributed by atoms with E-state index in [2.05, 4.69) is 10.6 Å². The lowest BCUT2D eigenvalue weighted by molar-refractivity contribution is -0.115. The number of carbonyl (C=O) groups is 1. The van der Waals surface area contributed by atoms with Crippen LogP contribution in [0.4, 0.5) is 14.5 Å². The van der Waals surface area contributed by atoms with Crippen LogP contribution in [-0.4, -0.2) is 30.0 Å². The van der Waals surface area contributed by atoms with Crippen LogP contribution in [0.3, 0.4) is 0 Å². The first kappa shape index (κ1) is 14.3. The predicted octanol–water partition coefficient (Wildman–Crippen LogP) is 2.39. The van der Waals surface area contributed by atoms with E-state index in [4.69, 9.17) is 0 Å². The minimum absolute atomic E-state index is 0.0517. The second kappa shape index (κ2) is 5.88. The highest BCUT2D eigenvalue weighted by molar-refractivity contribution is 8.00. The third-order valence-electron chi connectivity index (χ3n) is 3.20. The smallest absolute Gasteiger partial charge is 0.238 e. The van der Waals surface area contributed by atoms with Crippen LogP contribution in [0, 0.1) is 11.6 Å². The number of halogens is 2. The Morgan fingerprint density at radius 1 is 1.37 bits per heavy atom. The molecule has 1 fully saturated rings. The summed E-state index contributed by atoms with van der Waals surface area (Å²) in [6.07, 6.45) is 4.33. The average Bonchev–Trinajstić information content (AvgIpc) is 3.15. The van der Waals surface area contributed by atoms with Crippen molar-refractivity contribution in [3.63, 3.8) is 0 Å². The molecule has 2 N–H and O–H groups in total. The van der Waals surface area contributed by atoms with Gasteiger partial charge in [-0.25, -0.2) is 8.78 Å². The number of nitrogens with one attached hydrogen (secondary N) is 2. The lowest BCUT2D eigenvalue weighted by Crippen LogP contribution is -2.33. The Bertz CT molecular complexity index is 457. The number of rotatable bonds is 6. The van der Waals surface area contributed by atoms with Crippen molar-refractivity contribution in [1.82, 2.24) is 5.32 Å². The Kier molecular flexibility index (Phi) is 4.42. The van der Waals surface area contributed by atoms with Gasteiger partial charge < -0.3 is 10.6 Å². The van der Waals surface area contributed by atoms with E-state index in [1.807, 2.05) is 6.26 Å². The molecular formula is C13H16F2N2OS. The van der Waals surface area contributed by atoms with Crippen molar-refractivity contribution in [2.75, 3.05) is 24.7 Å². The van der Waals surface area contributed by atoms with Crippen LogP contribution in [0.5, 0.6) is 0 Å². The number of amides is 1. The minimum atomic E-state index is -0.767. The molecule has 1 aliphatic rings. The van der Waals surface area contributed by atoms with Gasteiger partial charge in [0.25, 0.3) is 0 Å². The molecule has 1 aromatic carbocycles. The average molecular weight is 286 g/mol. The van der Waals surface area contributed by atoms with Gasteiger partial charge in [0.2, 0.25) is 5.91 Å². The Morgan fingerprint density at radius 2 is 2.00 bits per heavy atom. The first-order valence-corrected chi connectivity index (χ1v) is 7.28. The normalized spacial score (nSPS) is 16.2. The molecule has 0 heterocycles. The summed E-state index contributed by atoms with van der Waals surface area (Å²) in [6, 6.07) is 3.48. The van der Waals surface area contributed by atoms with Crippen LogP contribution in [0.15, 0.2) is 18.2 Å². The van der Waals surface area contributed by atoms with Gasteiger partial charge in [0.05, 0.1) is 6.54 Å². The zero-order chi connectivity index (χ0) is 13.9. The van der Waals surface area contributed by atoms with E-state index in [9.17, 15) is 13.6 Å². The molecule has 104 valence electrons. The molecule has 3 nitrogen and oxygen atoms in total. The summed E-state index contributed by atoms with van der Waals surface area (Å²) in [5.41, 5.74) is -0.389. The zero-order valence-electron chi connectivity index (χ0n) is 10.6. The van der Waals surface area contributed by atoms with E-state index >= 15 is 0 Å². The lowest BCUT2D eigenvalue weighted by Gasteiger charge is -2.13. The van der Waals surface area contributed by atoms with Gasteiger partial charge in [0, 0.05) is 11.3 Å². The molecular weight excluding hydrogens is 270 g/mol. The van der Waals surface area contributed by atoms with Gasteiger partial charge in [-0.3, -0.25) is 4.79 Å². The van der Waals surface area contributed by atoms with Gasteiger partial charge in [-0.15, -0.1) is 0 Å². The number of hydrogen-bond donors (Lipinski definition) is 2. The molecule has 1 aromatic rings. The fourth-order valence-electron chi connectivity index (χ4n) is 1.80.